The third-order valence-corrected chi connectivity index (χ3v) is 8.84. The van der Waals surface area contributed by atoms with Crippen LogP contribution in [0.1, 0.15) is 20.8 Å². The van der Waals surface area contributed by atoms with Crippen LogP contribution in [0.3, 0.4) is 0 Å². The molecule has 0 aliphatic heterocycles. The van der Waals surface area contributed by atoms with Gasteiger partial charge >= 0.3 is 0 Å². The van der Waals surface area contributed by atoms with Crippen molar-refractivity contribution >= 4 is 8.32 Å². The third-order valence-electron chi connectivity index (χ3n) is 4.30. The van der Waals surface area contributed by atoms with Crippen molar-refractivity contribution < 1.29 is 4.43 Å². The van der Waals surface area contributed by atoms with Gasteiger partial charge in [-0.1, -0.05) is 51.1 Å². The maximum Gasteiger partial charge on any atom is 0.192 e. The fraction of sp³-hybridized carbons (Fsp3) is 0.471. The Balaban J connectivity index is 1.93. The molecule has 2 rings (SSSR count). The maximum absolute atomic E-state index is 6.19. The van der Waals surface area contributed by atoms with E-state index in [0.717, 1.165) is 24.4 Å². The molecule has 2 aromatic rings. The minimum atomic E-state index is -1.66. The molecule has 0 saturated heterocycles. The van der Waals surface area contributed by atoms with Gasteiger partial charge in [-0.05, 0) is 24.2 Å². The lowest BCUT2D eigenvalue weighted by Crippen LogP contribution is -2.41. The summed E-state index contributed by atoms with van der Waals surface area (Å²) < 4.78 is 8.16. The summed E-state index contributed by atoms with van der Waals surface area (Å²) in [5, 5.41) is 4.87. The van der Waals surface area contributed by atoms with Gasteiger partial charge in [0.25, 0.3) is 0 Å². The summed E-state index contributed by atoms with van der Waals surface area (Å²) >= 11 is 0. The van der Waals surface area contributed by atoms with E-state index in [1.807, 2.05) is 29.1 Å². The van der Waals surface area contributed by atoms with Crippen LogP contribution in [0.2, 0.25) is 18.1 Å². The number of nitrogens with zero attached hydrogens (tertiary/aromatic N) is 2. The summed E-state index contributed by atoms with van der Waals surface area (Å²) in [6.45, 7) is 12.9. The molecule has 0 aliphatic carbocycles. The third kappa shape index (κ3) is 4.05. The molecule has 4 heteroatoms. The summed E-state index contributed by atoms with van der Waals surface area (Å²) in [4.78, 5) is 0. The SMILES string of the molecule is CC(C)(C)[Si](C)(C)OCCn1ccc(-c2ccccc2)n1. The Bertz CT molecular complexity index is 570. The first-order valence-electron chi connectivity index (χ1n) is 7.52. The molecule has 3 nitrogen and oxygen atoms in total. The van der Waals surface area contributed by atoms with Crippen molar-refractivity contribution in [2.45, 2.75) is 45.4 Å². The molecule has 0 radical (unpaired) electrons. The molecule has 114 valence electrons. The first-order valence-corrected chi connectivity index (χ1v) is 10.4. The Labute approximate surface area is 129 Å². The molecule has 0 saturated carbocycles. The minimum Gasteiger partial charge on any atom is -0.415 e. The Morgan fingerprint density at radius 2 is 1.76 bits per heavy atom. The zero-order valence-electron chi connectivity index (χ0n) is 13.8. The van der Waals surface area contributed by atoms with Crippen LogP contribution in [-0.2, 0) is 11.0 Å². The molecule has 0 spiro atoms. The van der Waals surface area contributed by atoms with Crippen molar-refractivity contribution in [2.75, 3.05) is 6.61 Å². The largest absolute Gasteiger partial charge is 0.415 e. The van der Waals surface area contributed by atoms with Crippen LogP contribution in [0, 0.1) is 0 Å². The van der Waals surface area contributed by atoms with Crippen molar-refractivity contribution in [3.8, 4) is 11.3 Å². The van der Waals surface area contributed by atoms with Crippen LogP contribution in [0.4, 0.5) is 0 Å². The Hall–Kier alpha value is -1.39. The molecule has 0 fully saturated rings. The maximum atomic E-state index is 6.19. The normalized spacial score (nSPS) is 12.6. The standard InChI is InChI=1S/C17H26N2OSi/c1-17(2,3)21(4,5)20-14-13-19-12-11-16(18-19)15-9-7-6-8-10-15/h6-12H,13-14H2,1-5H3. The zero-order chi connectivity index (χ0) is 15.5. The highest BCUT2D eigenvalue weighted by molar-refractivity contribution is 6.74. The zero-order valence-corrected chi connectivity index (χ0v) is 14.8. The topological polar surface area (TPSA) is 27.1 Å². The van der Waals surface area contributed by atoms with E-state index < -0.39 is 8.32 Å². The fourth-order valence-electron chi connectivity index (χ4n) is 1.86. The first kappa shape index (κ1) is 16.0. The van der Waals surface area contributed by atoms with Crippen molar-refractivity contribution in [3.63, 3.8) is 0 Å². The molecular weight excluding hydrogens is 276 g/mol. The highest BCUT2D eigenvalue weighted by Gasteiger charge is 2.36. The van der Waals surface area contributed by atoms with Gasteiger partial charge < -0.3 is 4.43 Å². The molecule has 0 amide bonds. The molecule has 0 aliphatic rings. The van der Waals surface area contributed by atoms with E-state index >= 15 is 0 Å². The Morgan fingerprint density at radius 1 is 1.10 bits per heavy atom. The van der Waals surface area contributed by atoms with Gasteiger partial charge in [0.1, 0.15) is 0 Å². The van der Waals surface area contributed by atoms with Gasteiger partial charge in [0, 0.05) is 11.8 Å². The van der Waals surface area contributed by atoms with E-state index in [1.54, 1.807) is 0 Å². The average molecular weight is 302 g/mol. The summed E-state index contributed by atoms with van der Waals surface area (Å²) in [5.74, 6) is 0. The van der Waals surface area contributed by atoms with E-state index in [2.05, 4.69) is 57.2 Å². The van der Waals surface area contributed by atoms with Gasteiger partial charge in [-0.3, -0.25) is 4.68 Å². The molecule has 0 atom stereocenters. The molecule has 0 bridgehead atoms. The molecule has 0 unspecified atom stereocenters. The van der Waals surface area contributed by atoms with Crippen molar-refractivity contribution in [1.82, 2.24) is 9.78 Å². The predicted molar refractivity (Wildman–Crippen MR) is 90.8 cm³/mol. The van der Waals surface area contributed by atoms with Crippen LogP contribution in [0.15, 0.2) is 42.6 Å². The molecule has 21 heavy (non-hydrogen) atoms. The van der Waals surface area contributed by atoms with Gasteiger partial charge in [0.15, 0.2) is 8.32 Å². The van der Waals surface area contributed by atoms with Crippen LogP contribution in [-0.4, -0.2) is 24.7 Å². The highest BCUT2D eigenvalue weighted by atomic mass is 28.4. The second-order valence-corrected chi connectivity index (χ2v) is 11.7. The van der Waals surface area contributed by atoms with E-state index in [-0.39, 0.29) is 5.04 Å². The fourth-order valence-corrected chi connectivity index (χ4v) is 2.89. The van der Waals surface area contributed by atoms with Crippen LogP contribution >= 0.6 is 0 Å². The monoisotopic (exact) mass is 302 g/mol. The van der Waals surface area contributed by atoms with Gasteiger partial charge in [-0.15, -0.1) is 0 Å². The summed E-state index contributed by atoms with van der Waals surface area (Å²) in [5.41, 5.74) is 2.17. The van der Waals surface area contributed by atoms with Gasteiger partial charge in [0.05, 0.1) is 18.8 Å². The Morgan fingerprint density at radius 3 is 2.38 bits per heavy atom. The molecule has 1 aromatic carbocycles. The second kappa shape index (κ2) is 6.16. The lowest BCUT2D eigenvalue weighted by Gasteiger charge is -2.36. The Kier molecular flexibility index (Phi) is 4.69. The average Bonchev–Trinajstić information content (AvgIpc) is 2.87. The number of benzene rings is 1. The van der Waals surface area contributed by atoms with E-state index in [4.69, 9.17) is 4.43 Å². The number of aromatic nitrogens is 2. The number of rotatable bonds is 5. The van der Waals surface area contributed by atoms with Gasteiger partial charge in [-0.25, -0.2) is 0 Å². The summed E-state index contributed by atoms with van der Waals surface area (Å²) in [6, 6.07) is 12.3. The van der Waals surface area contributed by atoms with Gasteiger partial charge in [0.2, 0.25) is 0 Å². The number of hydrogen-bond donors (Lipinski definition) is 0. The lowest BCUT2D eigenvalue weighted by atomic mass is 10.2. The minimum absolute atomic E-state index is 0.256. The van der Waals surface area contributed by atoms with Crippen LogP contribution in [0.25, 0.3) is 11.3 Å². The summed E-state index contributed by atoms with van der Waals surface area (Å²) in [7, 11) is -1.66. The highest BCUT2D eigenvalue weighted by Crippen LogP contribution is 2.36. The molecule has 1 aromatic heterocycles. The van der Waals surface area contributed by atoms with Crippen LogP contribution < -0.4 is 0 Å². The molecule has 0 N–H and O–H groups in total. The quantitative estimate of drug-likeness (QED) is 0.756. The van der Waals surface area contributed by atoms with Crippen LogP contribution in [0.5, 0.6) is 0 Å². The van der Waals surface area contributed by atoms with E-state index in [9.17, 15) is 0 Å². The van der Waals surface area contributed by atoms with E-state index in [0.29, 0.717) is 0 Å². The summed E-state index contributed by atoms with van der Waals surface area (Å²) in [6.07, 6.45) is 2.03. The second-order valence-electron chi connectivity index (χ2n) is 6.94. The molecule has 1 heterocycles. The van der Waals surface area contributed by atoms with Crippen molar-refractivity contribution in [3.05, 3.63) is 42.6 Å². The predicted octanol–water partition coefficient (Wildman–Crippen LogP) is 4.57. The van der Waals surface area contributed by atoms with Crippen molar-refractivity contribution in [1.29, 1.82) is 0 Å². The first-order chi connectivity index (χ1) is 9.79. The van der Waals surface area contributed by atoms with E-state index in [1.165, 1.54) is 0 Å². The van der Waals surface area contributed by atoms with Crippen molar-refractivity contribution in [2.24, 2.45) is 0 Å². The molecular formula is C17H26N2OSi. The lowest BCUT2D eigenvalue weighted by molar-refractivity contribution is 0.266. The number of hydrogen-bond acceptors (Lipinski definition) is 2. The smallest absolute Gasteiger partial charge is 0.192 e. The van der Waals surface area contributed by atoms with Gasteiger partial charge in [-0.2, -0.15) is 5.10 Å².